The molecule has 5 heteroatoms. The van der Waals surface area contributed by atoms with Crippen LogP contribution >= 0.6 is 23.4 Å². The van der Waals surface area contributed by atoms with Crippen LogP contribution in [-0.2, 0) is 15.3 Å². The summed E-state index contributed by atoms with van der Waals surface area (Å²) in [5, 5.41) is 0.386. The highest BCUT2D eigenvalue weighted by Gasteiger charge is 2.08. The molecule has 16 heavy (non-hydrogen) atoms. The molecule has 0 atom stereocenters. The molecule has 2 nitrogen and oxygen atoms in total. The Kier molecular flexibility index (Phi) is 5.63. The van der Waals surface area contributed by atoms with E-state index in [1.165, 1.54) is 17.8 Å². The van der Waals surface area contributed by atoms with Crippen LogP contribution in [0.4, 0.5) is 4.39 Å². The van der Waals surface area contributed by atoms with E-state index >= 15 is 0 Å². The van der Waals surface area contributed by atoms with Crippen molar-refractivity contribution in [3.63, 3.8) is 0 Å². The molecule has 1 aromatic rings. The first-order valence-electron chi connectivity index (χ1n) is 4.81. The van der Waals surface area contributed by atoms with Gasteiger partial charge in [-0.2, -0.15) is 0 Å². The number of carbonyl (C=O) groups excluding carboxylic acids is 1. The number of benzene rings is 1. The van der Waals surface area contributed by atoms with Crippen molar-refractivity contribution >= 4 is 29.3 Å². The smallest absolute Gasteiger partial charge is 0.315 e. The van der Waals surface area contributed by atoms with Crippen LogP contribution in [0, 0.1) is 5.82 Å². The van der Waals surface area contributed by atoms with Gasteiger partial charge in [0, 0.05) is 16.3 Å². The van der Waals surface area contributed by atoms with Gasteiger partial charge in [0.15, 0.2) is 0 Å². The molecule has 0 aliphatic carbocycles. The third kappa shape index (κ3) is 4.02. The van der Waals surface area contributed by atoms with E-state index in [1.807, 2.05) is 0 Å². The molecule has 1 rings (SSSR count). The molecular weight excluding hydrogens is 251 g/mol. The minimum atomic E-state index is -0.344. The molecule has 0 N–H and O–H groups in total. The average molecular weight is 263 g/mol. The number of carbonyl (C=O) groups is 1. The van der Waals surface area contributed by atoms with Crippen molar-refractivity contribution in [1.82, 2.24) is 0 Å². The highest BCUT2D eigenvalue weighted by molar-refractivity contribution is 7.99. The zero-order valence-electron chi connectivity index (χ0n) is 8.83. The Hall–Kier alpha value is -0.740. The van der Waals surface area contributed by atoms with Gasteiger partial charge in [-0.1, -0.05) is 17.7 Å². The zero-order chi connectivity index (χ0) is 12.0. The molecule has 0 saturated carbocycles. The monoisotopic (exact) mass is 262 g/mol. The number of ether oxygens (including phenoxy) is 1. The summed E-state index contributed by atoms with van der Waals surface area (Å²) in [6, 6.07) is 4.54. The molecule has 0 unspecified atom stereocenters. The van der Waals surface area contributed by atoms with E-state index in [2.05, 4.69) is 0 Å². The fourth-order valence-corrected chi connectivity index (χ4v) is 2.27. The number of hydrogen-bond acceptors (Lipinski definition) is 3. The van der Waals surface area contributed by atoms with Crippen molar-refractivity contribution in [2.24, 2.45) is 0 Å². The van der Waals surface area contributed by atoms with E-state index in [4.69, 9.17) is 16.3 Å². The number of hydrogen-bond donors (Lipinski definition) is 0. The van der Waals surface area contributed by atoms with Crippen LogP contribution in [0.15, 0.2) is 18.2 Å². The Balaban J connectivity index is 2.46. The van der Waals surface area contributed by atoms with E-state index in [-0.39, 0.29) is 17.5 Å². The van der Waals surface area contributed by atoms with Gasteiger partial charge in [0.05, 0.1) is 12.4 Å². The van der Waals surface area contributed by atoms with E-state index in [0.29, 0.717) is 22.9 Å². The van der Waals surface area contributed by atoms with Crippen LogP contribution in [0.1, 0.15) is 12.5 Å². The number of esters is 1. The number of rotatable bonds is 5. The lowest BCUT2D eigenvalue weighted by Crippen LogP contribution is -2.07. The highest BCUT2D eigenvalue weighted by atomic mass is 35.5. The fraction of sp³-hybridized carbons (Fsp3) is 0.364. The van der Waals surface area contributed by atoms with Crippen molar-refractivity contribution < 1.29 is 13.9 Å². The second kappa shape index (κ2) is 6.76. The van der Waals surface area contributed by atoms with Gasteiger partial charge >= 0.3 is 5.97 Å². The van der Waals surface area contributed by atoms with Crippen molar-refractivity contribution in [2.75, 3.05) is 12.4 Å². The summed E-state index contributed by atoms with van der Waals surface area (Å²) in [5.41, 5.74) is 0.429. The van der Waals surface area contributed by atoms with E-state index < -0.39 is 0 Å². The first-order chi connectivity index (χ1) is 7.65. The molecule has 0 aliphatic rings. The van der Waals surface area contributed by atoms with E-state index in [0.717, 1.165) is 0 Å². The molecule has 0 radical (unpaired) electrons. The highest BCUT2D eigenvalue weighted by Crippen LogP contribution is 2.23. The van der Waals surface area contributed by atoms with Gasteiger partial charge in [-0.3, -0.25) is 4.79 Å². The van der Waals surface area contributed by atoms with E-state index in [1.54, 1.807) is 19.1 Å². The second-order valence-electron chi connectivity index (χ2n) is 3.00. The Bertz CT molecular complexity index is 351. The number of thioether (sulfide) groups is 1. The minimum Gasteiger partial charge on any atom is -0.465 e. The molecule has 88 valence electrons. The average Bonchev–Trinajstić information content (AvgIpc) is 2.23. The van der Waals surface area contributed by atoms with Crippen LogP contribution in [0.5, 0.6) is 0 Å². The maximum atomic E-state index is 13.3. The second-order valence-corrected chi connectivity index (χ2v) is 4.39. The van der Waals surface area contributed by atoms with Crippen LogP contribution in [-0.4, -0.2) is 18.3 Å². The van der Waals surface area contributed by atoms with Crippen molar-refractivity contribution in [3.05, 3.63) is 34.6 Å². The summed E-state index contributed by atoms with van der Waals surface area (Å²) in [7, 11) is 0. The first kappa shape index (κ1) is 13.3. The van der Waals surface area contributed by atoms with Gasteiger partial charge in [0.25, 0.3) is 0 Å². The van der Waals surface area contributed by atoms with E-state index in [9.17, 15) is 9.18 Å². The maximum Gasteiger partial charge on any atom is 0.315 e. The van der Waals surface area contributed by atoms with Gasteiger partial charge in [-0.15, -0.1) is 11.8 Å². The molecule has 0 fully saturated rings. The molecule has 0 bridgehead atoms. The molecule has 0 saturated heterocycles. The Morgan fingerprint density at radius 1 is 1.56 bits per heavy atom. The van der Waals surface area contributed by atoms with Crippen molar-refractivity contribution in [3.8, 4) is 0 Å². The quantitative estimate of drug-likeness (QED) is 0.762. The van der Waals surface area contributed by atoms with Crippen LogP contribution in [0.25, 0.3) is 0 Å². The Morgan fingerprint density at radius 3 is 2.94 bits per heavy atom. The molecule has 0 heterocycles. The minimum absolute atomic E-state index is 0.207. The van der Waals surface area contributed by atoms with Crippen LogP contribution in [0.2, 0.25) is 5.02 Å². The summed E-state index contributed by atoms with van der Waals surface area (Å²) in [6.07, 6.45) is 0. The summed E-state index contributed by atoms with van der Waals surface area (Å²) in [5.74, 6) is -0.0631. The third-order valence-electron chi connectivity index (χ3n) is 1.83. The fourth-order valence-electron chi connectivity index (χ4n) is 1.11. The van der Waals surface area contributed by atoms with Crippen LogP contribution in [0.3, 0.4) is 0 Å². The van der Waals surface area contributed by atoms with Gasteiger partial charge < -0.3 is 4.74 Å². The molecule has 0 aromatic heterocycles. The lowest BCUT2D eigenvalue weighted by atomic mass is 10.2. The Morgan fingerprint density at radius 2 is 2.31 bits per heavy atom. The third-order valence-corrected chi connectivity index (χ3v) is 3.12. The SMILES string of the molecule is CCOC(=O)CSCc1c(F)cccc1Cl. The normalized spacial score (nSPS) is 10.2. The van der Waals surface area contributed by atoms with Crippen molar-refractivity contribution in [2.45, 2.75) is 12.7 Å². The van der Waals surface area contributed by atoms with Crippen LogP contribution < -0.4 is 0 Å². The number of halogens is 2. The lowest BCUT2D eigenvalue weighted by Gasteiger charge is -2.05. The molecule has 1 aromatic carbocycles. The molecular formula is C11H12ClFO2S. The van der Waals surface area contributed by atoms with Gasteiger partial charge in [0.1, 0.15) is 5.82 Å². The lowest BCUT2D eigenvalue weighted by molar-refractivity contribution is -0.139. The summed E-state index contributed by atoms with van der Waals surface area (Å²) in [4.78, 5) is 11.0. The Labute approximate surface area is 103 Å². The van der Waals surface area contributed by atoms with Gasteiger partial charge in [0.2, 0.25) is 0 Å². The first-order valence-corrected chi connectivity index (χ1v) is 6.34. The standard InChI is InChI=1S/C11H12ClFO2S/c1-2-15-11(14)7-16-6-8-9(12)4-3-5-10(8)13/h3-5H,2,6-7H2,1H3. The summed E-state index contributed by atoms with van der Waals surface area (Å²) < 4.78 is 18.1. The summed E-state index contributed by atoms with van der Waals surface area (Å²) in [6.45, 7) is 2.11. The van der Waals surface area contributed by atoms with Crippen molar-refractivity contribution in [1.29, 1.82) is 0 Å². The topological polar surface area (TPSA) is 26.3 Å². The predicted octanol–water partition coefficient (Wildman–Crippen LogP) is 3.28. The maximum absolute atomic E-state index is 13.3. The molecule has 0 amide bonds. The molecule has 0 aliphatic heterocycles. The van der Waals surface area contributed by atoms with Gasteiger partial charge in [-0.05, 0) is 19.1 Å². The summed E-state index contributed by atoms with van der Waals surface area (Å²) >= 11 is 7.12. The molecule has 0 spiro atoms. The largest absolute Gasteiger partial charge is 0.465 e. The van der Waals surface area contributed by atoms with Gasteiger partial charge in [-0.25, -0.2) is 4.39 Å². The predicted molar refractivity (Wildman–Crippen MR) is 64.2 cm³/mol. The zero-order valence-corrected chi connectivity index (χ0v) is 10.4.